The molecule has 84 valence electrons. The molecule has 0 aliphatic carbocycles. The van der Waals surface area contributed by atoms with Crippen LogP contribution in [0.4, 0.5) is 0 Å². The minimum Gasteiger partial charge on any atom is -0.395 e. The smallest absolute Gasteiger partial charge is 0.0584 e. The van der Waals surface area contributed by atoms with Crippen LogP contribution in [0.15, 0.2) is 24.3 Å². The van der Waals surface area contributed by atoms with E-state index < -0.39 is 0 Å². The molecule has 0 fully saturated rings. The molecular weight excluding hydrogens is 301 g/mol. The molecule has 1 rings (SSSR count). The van der Waals surface area contributed by atoms with Gasteiger partial charge in [0.25, 0.3) is 0 Å². The number of rotatable bonds is 5. The number of aliphatic hydroxyl groups excluding tert-OH is 1. The standard InChI is InChI=1S/C12H18INO/c1-3-12(8-15)14-9(2)10-4-6-11(13)7-5-10/h4-7,9,12,14-15H,3,8H2,1-2H3/t9?,12-/m1/s1. The van der Waals surface area contributed by atoms with Crippen molar-refractivity contribution < 1.29 is 5.11 Å². The van der Waals surface area contributed by atoms with E-state index in [-0.39, 0.29) is 12.6 Å². The Morgan fingerprint density at radius 3 is 2.40 bits per heavy atom. The Morgan fingerprint density at radius 2 is 1.93 bits per heavy atom. The van der Waals surface area contributed by atoms with Gasteiger partial charge in [0, 0.05) is 15.7 Å². The molecule has 0 amide bonds. The summed E-state index contributed by atoms with van der Waals surface area (Å²) in [4.78, 5) is 0. The Bertz CT molecular complexity index is 282. The Hall–Kier alpha value is -0.130. The minimum atomic E-state index is 0.194. The quantitative estimate of drug-likeness (QED) is 0.818. The highest BCUT2D eigenvalue weighted by Crippen LogP contribution is 2.15. The zero-order valence-corrected chi connectivity index (χ0v) is 11.4. The summed E-state index contributed by atoms with van der Waals surface area (Å²) in [5.41, 5.74) is 1.27. The van der Waals surface area contributed by atoms with Crippen LogP contribution in [0.5, 0.6) is 0 Å². The monoisotopic (exact) mass is 319 g/mol. The fraction of sp³-hybridized carbons (Fsp3) is 0.500. The first-order valence-corrected chi connectivity index (χ1v) is 6.37. The lowest BCUT2D eigenvalue weighted by Gasteiger charge is -2.20. The van der Waals surface area contributed by atoms with Gasteiger partial charge in [-0.25, -0.2) is 0 Å². The molecule has 15 heavy (non-hydrogen) atoms. The van der Waals surface area contributed by atoms with Crippen molar-refractivity contribution >= 4 is 22.6 Å². The van der Waals surface area contributed by atoms with Gasteiger partial charge in [0.1, 0.15) is 0 Å². The number of hydrogen-bond acceptors (Lipinski definition) is 2. The zero-order chi connectivity index (χ0) is 11.3. The molecule has 0 spiro atoms. The molecule has 2 atom stereocenters. The maximum Gasteiger partial charge on any atom is 0.0584 e. The van der Waals surface area contributed by atoms with Crippen LogP contribution in [-0.2, 0) is 0 Å². The van der Waals surface area contributed by atoms with Gasteiger partial charge in [-0.2, -0.15) is 0 Å². The van der Waals surface area contributed by atoms with Gasteiger partial charge in [0.2, 0.25) is 0 Å². The summed E-state index contributed by atoms with van der Waals surface area (Å²) in [6.45, 7) is 4.40. The lowest BCUT2D eigenvalue weighted by Crippen LogP contribution is -2.33. The van der Waals surface area contributed by atoms with Gasteiger partial charge < -0.3 is 10.4 Å². The molecule has 0 aromatic heterocycles. The van der Waals surface area contributed by atoms with Crippen molar-refractivity contribution in [3.05, 3.63) is 33.4 Å². The van der Waals surface area contributed by atoms with Crippen LogP contribution < -0.4 is 5.32 Å². The van der Waals surface area contributed by atoms with E-state index in [2.05, 4.69) is 66.0 Å². The molecule has 2 nitrogen and oxygen atoms in total. The summed E-state index contributed by atoms with van der Waals surface area (Å²) in [6, 6.07) is 8.95. The first-order valence-electron chi connectivity index (χ1n) is 5.29. The number of nitrogens with one attached hydrogen (secondary N) is 1. The molecule has 1 unspecified atom stereocenters. The van der Waals surface area contributed by atoms with Crippen LogP contribution in [0.25, 0.3) is 0 Å². The van der Waals surface area contributed by atoms with E-state index in [9.17, 15) is 0 Å². The topological polar surface area (TPSA) is 32.3 Å². The average Bonchev–Trinajstić information content (AvgIpc) is 2.26. The van der Waals surface area contributed by atoms with Crippen molar-refractivity contribution in [3.63, 3.8) is 0 Å². The van der Waals surface area contributed by atoms with Crippen molar-refractivity contribution in [1.82, 2.24) is 5.32 Å². The number of aliphatic hydroxyl groups is 1. The highest BCUT2D eigenvalue weighted by atomic mass is 127. The normalized spacial score (nSPS) is 14.9. The fourth-order valence-electron chi connectivity index (χ4n) is 1.50. The number of hydrogen-bond donors (Lipinski definition) is 2. The van der Waals surface area contributed by atoms with Crippen molar-refractivity contribution in [2.45, 2.75) is 32.4 Å². The second-order valence-electron chi connectivity index (χ2n) is 3.73. The van der Waals surface area contributed by atoms with Crippen molar-refractivity contribution in [3.8, 4) is 0 Å². The molecule has 0 bridgehead atoms. The summed E-state index contributed by atoms with van der Waals surface area (Å²) in [5, 5.41) is 12.5. The molecule has 0 heterocycles. The largest absolute Gasteiger partial charge is 0.395 e. The maximum absolute atomic E-state index is 9.10. The van der Waals surface area contributed by atoms with E-state index >= 15 is 0 Å². The molecule has 0 radical (unpaired) electrons. The first-order chi connectivity index (χ1) is 7.17. The summed E-state index contributed by atoms with van der Waals surface area (Å²) in [5.74, 6) is 0. The zero-order valence-electron chi connectivity index (χ0n) is 9.20. The van der Waals surface area contributed by atoms with E-state index in [4.69, 9.17) is 5.11 Å². The van der Waals surface area contributed by atoms with Gasteiger partial charge in [-0.15, -0.1) is 0 Å². The van der Waals surface area contributed by atoms with Crippen LogP contribution in [0, 0.1) is 3.57 Å². The van der Waals surface area contributed by atoms with Crippen LogP contribution in [0.3, 0.4) is 0 Å². The molecule has 1 aromatic carbocycles. The second kappa shape index (κ2) is 6.45. The third kappa shape index (κ3) is 4.09. The van der Waals surface area contributed by atoms with Gasteiger partial charge >= 0.3 is 0 Å². The lowest BCUT2D eigenvalue weighted by atomic mass is 10.1. The molecule has 2 N–H and O–H groups in total. The molecule has 3 heteroatoms. The predicted octanol–water partition coefficient (Wildman–Crippen LogP) is 2.71. The van der Waals surface area contributed by atoms with Gasteiger partial charge in [-0.1, -0.05) is 19.1 Å². The number of halogens is 1. The van der Waals surface area contributed by atoms with E-state index in [0.717, 1.165) is 6.42 Å². The second-order valence-corrected chi connectivity index (χ2v) is 4.97. The molecule has 0 aliphatic heterocycles. The summed E-state index contributed by atoms with van der Waals surface area (Å²) in [7, 11) is 0. The van der Waals surface area contributed by atoms with E-state index in [1.165, 1.54) is 9.13 Å². The van der Waals surface area contributed by atoms with E-state index in [0.29, 0.717) is 6.04 Å². The summed E-state index contributed by atoms with van der Waals surface area (Å²) in [6.07, 6.45) is 0.950. The molecular formula is C12H18INO. The van der Waals surface area contributed by atoms with Crippen molar-refractivity contribution in [2.24, 2.45) is 0 Å². The highest BCUT2D eigenvalue weighted by molar-refractivity contribution is 14.1. The highest BCUT2D eigenvalue weighted by Gasteiger charge is 2.10. The fourth-order valence-corrected chi connectivity index (χ4v) is 1.86. The van der Waals surface area contributed by atoms with Gasteiger partial charge in [0.15, 0.2) is 0 Å². The van der Waals surface area contributed by atoms with Crippen molar-refractivity contribution in [2.75, 3.05) is 6.61 Å². The number of benzene rings is 1. The third-order valence-corrected chi connectivity index (χ3v) is 3.29. The Kier molecular flexibility index (Phi) is 5.56. The molecule has 1 aromatic rings. The van der Waals surface area contributed by atoms with Gasteiger partial charge in [-0.3, -0.25) is 0 Å². The van der Waals surface area contributed by atoms with E-state index in [1.54, 1.807) is 0 Å². The Balaban J connectivity index is 2.60. The molecule has 0 aliphatic rings. The first kappa shape index (κ1) is 12.9. The predicted molar refractivity (Wildman–Crippen MR) is 71.9 cm³/mol. The van der Waals surface area contributed by atoms with Gasteiger partial charge in [-0.05, 0) is 53.6 Å². The van der Waals surface area contributed by atoms with E-state index in [1.807, 2.05) is 0 Å². The van der Waals surface area contributed by atoms with Crippen LogP contribution >= 0.6 is 22.6 Å². The van der Waals surface area contributed by atoms with Crippen LogP contribution in [0.1, 0.15) is 31.9 Å². The Morgan fingerprint density at radius 1 is 1.33 bits per heavy atom. The summed E-state index contributed by atoms with van der Waals surface area (Å²) < 4.78 is 1.25. The average molecular weight is 319 g/mol. The van der Waals surface area contributed by atoms with Crippen LogP contribution in [0.2, 0.25) is 0 Å². The SMILES string of the molecule is CC[C@H](CO)NC(C)c1ccc(I)cc1. The van der Waals surface area contributed by atoms with Gasteiger partial charge in [0.05, 0.1) is 6.61 Å². The maximum atomic E-state index is 9.10. The molecule has 0 saturated heterocycles. The minimum absolute atomic E-state index is 0.194. The lowest BCUT2D eigenvalue weighted by molar-refractivity contribution is 0.230. The Labute approximate surface area is 105 Å². The summed E-state index contributed by atoms with van der Waals surface area (Å²) >= 11 is 2.30. The van der Waals surface area contributed by atoms with Crippen molar-refractivity contribution in [1.29, 1.82) is 0 Å². The molecule has 0 saturated carbocycles. The van der Waals surface area contributed by atoms with Crippen LogP contribution in [-0.4, -0.2) is 17.8 Å². The third-order valence-electron chi connectivity index (χ3n) is 2.57.